The number of carboxylic acids is 1. The van der Waals surface area contributed by atoms with Gasteiger partial charge >= 0.3 is 5.97 Å². The van der Waals surface area contributed by atoms with Gasteiger partial charge in [0.1, 0.15) is 5.82 Å². The lowest BCUT2D eigenvalue weighted by molar-refractivity contribution is -0.138. The van der Waals surface area contributed by atoms with Crippen LogP contribution in [0.25, 0.3) is 0 Å². The van der Waals surface area contributed by atoms with Crippen LogP contribution in [0.4, 0.5) is 8.78 Å². The molecule has 1 aromatic heterocycles. The standard InChI is InChI=1S/C8H8F2N2O2/c9-7(10)5(4-6(13)14)8-11-2-1-3-12-8/h1-3,5,7H,4H2,(H,13,14). The fourth-order valence-electron chi connectivity index (χ4n) is 0.983. The summed E-state index contributed by atoms with van der Waals surface area (Å²) in [5, 5.41) is 8.41. The van der Waals surface area contributed by atoms with E-state index in [4.69, 9.17) is 5.11 Å². The van der Waals surface area contributed by atoms with Crippen LogP contribution in [0.15, 0.2) is 18.5 Å². The number of carboxylic acid groups (broad SMARTS) is 1. The molecule has 1 unspecified atom stereocenters. The van der Waals surface area contributed by atoms with Crippen LogP contribution in [0.1, 0.15) is 18.2 Å². The molecule has 0 aromatic carbocycles. The summed E-state index contributed by atoms with van der Waals surface area (Å²) in [6.07, 6.45) is -0.825. The molecule has 0 aliphatic heterocycles. The first-order chi connectivity index (χ1) is 6.61. The SMILES string of the molecule is O=C(O)CC(c1ncccn1)C(F)F. The van der Waals surface area contributed by atoms with Gasteiger partial charge in [-0.05, 0) is 6.07 Å². The summed E-state index contributed by atoms with van der Waals surface area (Å²) in [4.78, 5) is 17.5. The second kappa shape index (κ2) is 4.59. The van der Waals surface area contributed by atoms with Crippen molar-refractivity contribution >= 4 is 5.97 Å². The number of hydrogen-bond donors (Lipinski definition) is 1. The number of alkyl halides is 2. The van der Waals surface area contributed by atoms with Crippen molar-refractivity contribution in [1.82, 2.24) is 9.97 Å². The van der Waals surface area contributed by atoms with E-state index in [-0.39, 0.29) is 5.82 Å². The second-order valence-corrected chi connectivity index (χ2v) is 2.65. The summed E-state index contributed by atoms with van der Waals surface area (Å²) in [6, 6.07) is 1.48. The van der Waals surface area contributed by atoms with Gasteiger partial charge in [-0.15, -0.1) is 0 Å². The first-order valence-electron chi connectivity index (χ1n) is 3.88. The van der Waals surface area contributed by atoms with Crippen LogP contribution in [0.5, 0.6) is 0 Å². The molecule has 1 N–H and O–H groups in total. The molecule has 1 atom stereocenters. The molecule has 0 saturated heterocycles. The summed E-state index contributed by atoms with van der Waals surface area (Å²) < 4.78 is 24.8. The normalized spacial score (nSPS) is 12.8. The lowest BCUT2D eigenvalue weighted by Crippen LogP contribution is -2.16. The highest BCUT2D eigenvalue weighted by molar-refractivity contribution is 5.67. The molecule has 1 aromatic rings. The van der Waals surface area contributed by atoms with Crippen LogP contribution in [-0.2, 0) is 4.79 Å². The van der Waals surface area contributed by atoms with Gasteiger partial charge in [0.2, 0.25) is 6.43 Å². The van der Waals surface area contributed by atoms with E-state index in [1.54, 1.807) is 0 Å². The van der Waals surface area contributed by atoms with E-state index in [2.05, 4.69) is 9.97 Å². The Morgan fingerprint density at radius 3 is 2.43 bits per heavy atom. The van der Waals surface area contributed by atoms with Crippen molar-refractivity contribution in [2.24, 2.45) is 0 Å². The number of aliphatic carboxylic acids is 1. The van der Waals surface area contributed by atoms with Gasteiger partial charge in [0.25, 0.3) is 0 Å². The Balaban J connectivity index is 2.83. The van der Waals surface area contributed by atoms with Gasteiger partial charge < -0.3 is 5.11 Å². The highest BCUT2D eigenvalue weighted by Gasteiger charge is 2.27. The van der Waals surface area contributed by atoms with Gasteiger partial charge in [-0.1, -0.05) is 0 Å². The number of rotatable bonds is 4. The molecular formula is C8H8F2N2O2. The summed E-state index contributed by atoms with van der Waals surface area (Å²) in [5.41, 5.74) is 0. The molecule has 6 heteroatoms. The minimum Gasteiger partial charge on any atom is -0.481 e. The van der Waals surface area contributed by atoms with Gasteiger partial charge in [0, 0.05) is 12.4 Å². The van der Waals surface area contributed by atoms with E-state index >= 15 is 0 Å². The zero-order valence-electron chi connectivity index (χ0n) is 7.10. The number of aromatic nitrogens is 2. The van der Waals surface area contributed by atoms with Crippen molar-refractivity contribution in [1.29, 1.82) is 0 Å². The van der Waals surface area contributed by atoms with E-state index in [9.17, 15) is 13.6 Å². The van der Waals surface area contributed by atoms with Crippen molar-refractivity contribution in [3.63, 3.8) is 0 Å². The Hall–Kier alpha value is -1.59. The highest BCUT2D eigenvalue weighted by atomic mass is 19.3. The van der Waals surface area contributed by atoms with E-state index in [1.165, 1.54) is 18.5 Å². The van der Waals surface area contributed by atoms with E-state index < -0.39 is 24.7 Å². The summed E-state index contributed by atoms with van der Waals surface area (Å²) in [6.45, 7) is 0. The van der Waals surface area contributed by atoms with Gasteiger partial charge in [0.15, 0.2) is 0 Å². The lowest BCUT2D eigenvalue weighted by Gasteiger charge is -2.11. The molecule has 76 valence electrons. The van der Waals surface area contributed by atoms with Gasteiger partial charge in [-0.3, -0.25) is 4.79 Å². The molecule has 4 nitrogen and oxygen atoms in total. The van der Waals surface area contributed by atoms with Gasteiger partial charge in [-0.2, -0.15) is 0 Å². The third-order valence-corrected chi connectivity index (χ3v) is 1.62. The fraction of sp³-hybridized carbons (Fsp3) is 0.375. The molecule has 1 heterocycles. The molecule has 0 bridgehead atoms. The molecule has 0 amide bonds. The lowest BCUT2D eigenvalue weighted by atomic mass is 10.1. The Labute approximate surface area is 78.6 Å². The maximum atomic E-state index is 12.4. The average molecular weight is 202 g/mol. The molecule has 0 aliphatic rings. The Kier molecular flexibility index (Phi) is 3.44. The first kappa shape index (κ1) is 10.5. The van der Waals surface area contributed by atoms with Crippen LogP contribution < -0.4 is 0 Å². The number of halogens is 2. The van der Waals surface area contributed by atoms with E-state index in [0.29, 0.717) is 0 Å². The summed E-state index contributed by atoms with van der Waals surface area (Å²) in [5.74, 6) is -2.86. The van der Waals surface area contributed by atoms with Crippen molar-refractivity contribution in [3.8, 4) is 0 Å². The Bertz CT molecular complexity index is 305. The molecule has 0 fully saturated rings. The molecule has 0 aliphatic carbocycles. The van der Waals surface area contributed by atoms with Crippen molar-refractivity contribution in [2.45, 2.75) is 18.8 Å². The van der Waals surface area contributed by atoms with Gasteiger partial charge in [-0.25, -0.2) is 18.7 Å². The molecular weight excluding hydrogens is 194 g/mol. The minimum absolute atomic E-state index is 0.134. The largest absolute Gasteiger partial charge is 0.481 e. The summed E-state index contributed by atoms with van der Waals surface area (Å²) >= 11 is 0. The molecule has 14 heavy (non-hydrogen) atoms. The number of hydrogen-bond acceptors (Lipinski definition) is 3. The first-order valence-corrected chi connectivity index (χ1v) is 3.88. The van der Waals surface area contributed by atoms with Crippen LogP contribution in [0, 0.1) is 0 Å². The Morgan fingerprint density at radius 1 is 1.43 bits per heavy atom. The van der Waals surface area contributed by atoms with Crippen molar-refractivity contribution in [2.75, 3.05) is 0 Å². The number of carbonyl (C=O) groups is 1. The fourth-order valence-corrected chi connectivity index (χ4v) is 0.983. The third-order valence-electron chi connectivity index (χ3n) is 1.62. The maximum absolute atomic E-state index is 12.4. The molecule has 1 rings (SSSR count). The summed E-state index contributed by atoms with van der Waals surface area (Å²) in [7, 11) is 0. The molecule has 0 spiro atoms. The van der Waals surface area contributed by atoms with Gasteiger partial charge in [0.05, 0.1) is 12.3 Å². The zero-order chi connectivity index (χ0) is 10.6. The Morgan fingerprint density at radius 2 is 2.00 bits per heavy atom. The molecule has 0 radical (unpaired) electrons. The molecule has 0 saturated carbocycles. The predicted molar refractivity (Wildman–Crippen MR) is 43.0 cm³/mol. The van der Waals surface area contributed by atoms with Crippen LogP contribution in [0.3, 0.4) is 0 Å². The quantitative estimate of drug-likeness (QED) is 0.799. The zero-order valence-corrected chi connectivity index (χ0v) is 7.10. The van der Waals surface area contributed by atoms with Crippen LogP contribution in [0.2, 0.25) is 0 Å². The average Bonchev–Trinajstić information content (AvgIpc) is 2.15. The minimum atomic E-state index is -2.77. The van der Waals surface area contributed by atoms with E-state index in [0.717, 1.165) is 0 Å². The number of nitrogens with zero attached hydrogens (tertiary/aromatic N) is 2. The predicted octanol–water partition coefficient (Wildman–Crippen LogP) is 1.30. The van der Waals surface area contributed by atoms with E-state index in [1.807, 2.05) is 0 Å². The van der Waals surface area contributed by atoms with Crippen molar-refractivity contribution < 1.29 is 18.7 Å². The monoisotopic (exact) mass is 202 g/mol. The van der Waals surface area contributed by atoms with Crippen molar-refractivity contribution in [3.05, 3.63) is 24.3 Å². The third kappa shape index (κ3) is 2.72. The maximum Gasteiger partial charge on any atom is 0.304 e. The van der Waals surface area contributed by atoms with Crippen LogP contribution >= 0.6 is 0 Å². The van der Waals surface area contributed by atoms with Crippen LogP contribution in [-0.4, -0.2) is 27.5 Å². The topological polar surface area (TPSA) is 63.1 Å². The highest BCUT2D eigenvalue weighted by Crippen LogP contribution is 2.23. The second-order valence-electron chi connectivity index (χ2n) is 2.65. The smallest absolute Gasteiger partial charge is 0.304 e.